The fraction of sp³-hybridized carbons (Fsp3) is 0.594. The summed E-state index contributed by atoms with van der Waals surface area (Å²) in [7, 11) is 0. The van der Waals surface area contributed by atoms with Crippen molar-refractivity contribution in [2.45, 2.75) is 77.7 Å². The average molecular weight is 553 g/mol. The zero-order valence-electron chi connectivity index (χ0n) is 24.7. The number of nitrogens with zero attached hydrogens (tertiary/aromatic N) is 2. The summed E-state index contributed by atoms with van der Waals surface area (Å²) in [6.45, 7) is 19.2. The molecule has 3 aliphatic heterocycles. The van der Waals surface area contributed by atoms with Gasteiger partial charge in [-0.15, -0.1) is 6.58 Å². The molecule has 8 atom stereocenters. The van der Waals surface area contributed by atoms with Crippen molar-refractivity contribution in [1.29, 1.82) is 0 Å². The summed E-state index contributed by atoms with van der Waals surface area (Å²) in [5.74, 6) is -3.15. The van der Waals surface area contributed by atoms with Gasteiger partial charge in [0, 0.05) is 12.2 Å². The van der Waals surface area contributed by atoms with Gasteiger partial charge >= 0.3 is 5.97 Å². The van der Waals surface area contributed by atoms with Crippen LogP contribution >= 0.6 is 0 Å². The zero-order valence-corrected chi connectivity index (χ0v) is 24.7. The van der Waals surface area contributed by atoms with Crippen molar-refractivity contribution in [3.05, 3.63) is 54.6 Å². The van der Waals surface area contributed by atoms with E-state index in [1.165, 1.54) is 6.08 Å². The quantitative estimate of drug-likeness (QED) is 0.330. The number of carbonyl (C=O) groups is 3. The number of aliphatic hydroxyl groups is 1. The van der Waals surface area contributed by atoms with E-state index in [-0.39, 0.29) is 43.4 Å². The average Bonchev–Trinajstić information content (AvgIpc) is 3.43. The Morgan fingerprint density at radius 1 is 1.27 bits per heavy atom. The number of hydrogen-bond acceptors (Lipinski definition) is 6. The molecule has 1 spiro atoms. The normalized spacial score (nSPS) is 32.0. The molecule has 1 aromatic rings. The highest BCUT2D eigenvalue weighted by Gasteiger charge is 2.81. The Morgan fingerprint density at radius 3 is 2.48 bits per heavy atom. The standard InChI is InChI=1S/C32H44N2O6/c1-9-15-33(26-20(5)13-12-14-21(26)6)29(37)27-32-17-22(7)31(8,40-32)25(30(38)39-16-10-2)24(32)28(36)34(27)23(18-35)19(4)11-3/h9-10,12-14,19,22-25,27,35H,1-2,11,15-18H2,3-8H3/t19-,22?,23-,24-,25-,27?,31+,32?/m0/s1. The number of anilines is 1. The summed E-state index contributed by atoms with van der Waals surface area (Å²) in [5, 5.41) is 10.6. The highest BCUT2D eigenvalue weighted by Crippen LogP contribution is 2.66. The lowest BCUT2D eigenvalue weighted by Crippen LogP contribution is -2.60. The smallest absolute Gasteiger partial charge is 0.313 e. The summed E-state index contributed by atoms with van der Waals surface area (Å²) in [6, 6.07) is 4.19. The van der Waals surface area contributed by atoms with Gasteiger partial charge in [0.05, 0.1) is 24.2 Å². The number of carbonyl (C=O) groups excluding carboxylic acids is 3. The Labute approximate surface area is 238 Å². The Morgan fingerprint density at radius 2 is 1.93 bits per heavy atom. The molecule has 8 nitrogen and oxygen atoms in total. The van der Waals surface area contributed by atoms with Crippen LogP contribution in [0.3, 0.4) is 0 Å². The van der Waals surface area contributed by atoms with Gasteiger partial charge in [-0.3, -0.25) is 14.4 Å². The molecule has 0 aliphatic carbocycles. The van der Waals surface area contributed by atoms with E-state index in [1.54, 1.807) is 15.9 Å². The third kappa shape index (κ3) is 4.31. The predicted molar refractivity (Wildman–Crippen MR) is 154 cm³/mol. The number of fused-ring (bicyclic) bond motifs is 1. The van der Waals surface area contributed by atoms with Gasteiger partial charge in [0.1, 0.15) is 24.2 Å². The van der Waals surface area contributed by atoms with Crippen LogP contribution in [-0.4, -0.2) is 70.8 Å². The number of para-hydroxylation sites is 1. The van der Waals surface area contributed by atoms with Crippen molar-refractivity contribution >= 4 is 23.5 Å². The molecule has 3 aliphatic rings. The number of ether oxygens (including phenoxy) is 2. The topological polar surface area (TPSA) is 96.4 Å². The van der Waals surface area contributed by atoms with Crippen molar-refractivity contribution in [3.63, 3.8) is 0 Å². The van der Waals surface area contributed by atoms with Crippen LogP contribution in [0.15, 0.2) is 43.5 Å². The molecule has 1 aromatic carbocycles. The number of likely N-dealkylation sites (tertiary alicyclic amines) is 1. The molecule has 40 heavy (non-hydrogen) atoms. The second kappa shape index (κ2) is 11.1. The third-order valence-electron chi connectivity index (χ3n) is 9.72. The number of aryl methyl sites for hydroxylation is 2. The van der Waals surface area contributed by atoms with Gasteiger partial charge in [-0.2, -0.15) is 0 Å². The Hall–Kier alpha value is -2.97. The van der Waals surface area contributed by atoms with E-state index in [0.717, 1.165) is 16.8 Å². The van der Waals surface area contributed by atoms with E-state index in [1.807, 2.05) is 59.7 Å². The molecule has 3 saturated heterocycles. The molecule has 8 heteroatoms. The van der Waals surface area contributed by atoms with Crippen LogP contribution < -0.4 is 4.90 Å². The molecule has 218 valence electrons. The first-order valence-corrected chi connectivity index (χ1v) is 14.3. The molecule has 0 saturated carbocycles. The Bertz CT molecular complexity index is 1180. The maximum absolute atomic E-state index is 14.9. The van der Waals surface area contributed by atoms with Gasteiger partial charge in [0.15, 0.2) is 0 Å². The minimum absolute atomic E-state index is 0.0194. The number of benzene rings is 1. The van der Waals surface area contributed by atoms with Gasteiger partial charge in [0.2, 0.25) is 5.91 Å². The second-order valence-corrected chi connectivity index (χ2v) is 12.0. The summed E-state index contributed by atoms with van der Waals surface area (Å²) >= 11 is 0. The molecular formula is C32H44N2O6. The molecule has 1 N–H and O–H groups in total. The van der Waals surface area contributed by atoms with E-state index < -0.39 is 41.1 Å². The summed E-state index contributed by atoms with van der Waals surface area (Å²) in [5.41, 5.74) is 0.387. The predicted octanol–water partition coefficient (Wildman–Crippen LogP) is 3.97. The third-order valence-corrected chi connectivity index (χ3v) is 9.72. The van der Waals surface area contributed by atoms with Gasteiger partial charge in [-0.25, -0.2) is 0 Å². The van der Waals surface area contributed by atoms with Crippen molar-refractivity contribution in [2.75, 3.05) is 24.7 Å². The first kappa shape index (κ1) is 30.0. The van der Waals surface area contributed by atoms with Crippen molar-refractivity contribution in [1.82, 2.24) is 4.90 Å². The number of hydrogen-bond donors (Lipinski definition) is 1. The number of rotatable bonds is 11. The minimum Gasteiger partial charge on any atom is -0.461 e. The van der Waals surface area contributed by atoms with Gasteiger partial charge in [-0.05, 0) is 50.2 Å². The van der Waals surface area contributed by atoms with E-state index in [4.69, 9.17) is 9.47 Å². The second-order valence-electron chi connectivity index (χ2n) is 12.0. The fourth-order valence-corrected chi connectivity index (χ4v) is 7.52. The van der Waals surface area contributed by atoms with Crippen LogP contribution in [0.25, 0.3) is 0 Å². The zero-order chi connectivity index (χ0) is 29.6. The Balaban J connectivity index is 1.92. The van der Waals surface area contributed by atoms with Crippen molar-refractivity contribution in [2.24, 2.45) is 23.7 Å². The highest BCUT2D eigenvalue weighted by molar-refractivity contribution is 6.05. The molecule has 2 amide bonds. The fourth-order valence-electron chi connectivity index (χ4n) is 7.52. The molecule has 0 aromatic heterocycles. The van der Waals surface area contributed by atoms with Crippen molar-refractivity contribution < 1.29 is 29.0 Å². The molecule has 3 fully saturated rings. The molecule has 0 radical (unpaired) electrons. The lowest BCUT2D eigenvalue weighted by Gasteiger charge is -2.41. The minimum atomic E-state index is -1.24. The number of esters is 1. The van der Waals surface area contributed by atoms with Gasteiger partial charge < -0.3 is 24.4 Å². The Kier molecular flexibility index (Phi) is 8.35. The maximum atomic E-state index is 14.9. The van der Waals surface area contributed by atoms with Crippen LogP contribution in [0, 0.1) is 37.5 Å². The summed E-state index contributed by atoms with van der Waals surface area (Å²) in [4.78, 5) is 46.2. The van der Waals surface area contributed by atoms with Gasteiger partial charge in [0.25, 0.3) is 5.91 Å². The summed E-state index contributed by atoms with van der Waals surface area (Å²) in [6.07, 6.45) is 4.29. The molecule has 4 rings (SSSR count). The molecular weight excluding hydrogens is 508 g/mol. The molecule has 3 heterocycles. The highest BCUT2D eigenvalue weighted by atomic mass is 16.6. The van der Waals surface area contributed by atoms with E-state index in [0.29, 0.717) is 12.8 Å². The van der Waals surface area contributed by atoms with E-state index >= 15 is 0 Å². The SMILES string of the molecule is C=CCOC(=O)[C@@H]1[C@H]2C(=O)N([C@@H](CO)[C@@H](C)CC)C(C(=O)N(CC=C)c3c(C)cccc3C)C23CC(C)[C@@]1(C)O3. The largest absolute Gasteiger partial charge is 0.461 e. The lowest BCUT2D eigenvalue weighted by atomic mass is 9.62. The molecule has 2 bridgehead atoms. The lowest BCUT2D eigenvalue weighted by molar-refractivity contribution is -0.162. The van der Waals surface area contributed by atoms with Crippen LogP contribution in [-0.2, 0) is 23.9 Å². The first-order chi connectivity index (χ1) is 18.9. The van der Waals surface area contributed by atoms with Crippen LogP contribution in [0.1, 0.15) is 51.7 Å². The van der Waals surface area contributed by atoms with Crippen LogP contribution in [0.4, 0.5) is 5.69 Å². The summed E-state index contributed by atoms with van der Waals surface area (Å²) < 4.78 is 12.3. The number of aliphatic hydroxyl groups excluding tert-OH is 1. The number of amides is 2. The van der Waals surface area contributed by atoms with Crippen LogP contribution in [0.2, 0.25) is 0 Å². The maximum Gasteiger partial charge on any atom is 0.313 e. The van der Waals surface area contributed by atoms with E-state index in [9.17, 15) is 19.5 Å². The van der Waals surface area contributed by atoms with Crippen molar-refractivity contribution in [3.8, 4) is 0 Å². The molecule has 3 unspecified atom stereocenters. The van der Waals surface area contributed by atoms with Crippen LogP contribution in [0.5, 0.6) is 0 Å². The first-order valence-electron chi connectivity index (χ1n) is 14.3. The monoisotopic (exact) mass is 552 g/mol. The van der Waals surface area contributed by atoms with Gasteiger partial charge in [-0.1, -0.05) is 64.1 Å². The van der Waals surface area contributed by atoms with E-state index in [2.05, 4.69) is 13.2 Å².